The molecule has 0 bridgehead atoms. The summed E-state index contributed by atoms with van der Waals surface area (Å²) in [6, 6.07) is 20.2. The van der Waals surface area contributed by atoms with Crippen molar-refractivity contribution in [2.75, 3.05) is 25.0 Å². The monoisotopic (exact) mass is 314 g/mol. The highest BCUT2D eigenvalue weighted by Crippen LogP contribution is 2.22. The van der Waals surface area contributed by atoms with Crippen LogP contribution in [0.4, 0.5) is 5.69 Å². The summed E-state index contributed by atoms with van der Waals surface area (Å²) in [6.07, 6.45) is 0. The number of hydrogen-bond donors (Lipinski definition) is 1. The quantitative estimate of drug-likeness (QED) is 0.795. The van der Waals surface area contributed by atoms with E-state index in [2.05, 4.69) is 22.3 Å². The summed E-state index contributed by atoms with van der Waals surface area (Å²) < 4.78 is 0. The Labute approximate surface area is 136 Å². The first-order chi connectivity index (χ1) is 10.7. The maximum Gasteiger partial charge on any atom is 0.233 e. The van der Waals surface area contributed by atoms with Crippen LogP contribution in [0.15, 0.2) is 65.6 Å². The number of rotatable bonds is 7. The van der Waals surface area contributed by atoms with Crippen LogP contribution in [-0.2, 0) is 4.79 Å². The molecular formula is C18H22N2OS. The number of carbonyl (C=O) groups is 1. The number of hydrogen-bond acceptors (Lipinski definition) is 3. The molecule has 0 aliphatic rings. The van der Waals surface area contributed by atoms with Gasteiger partial charge in [-0.15, -0.1) is 11.8 Å². The first-order valence-electron chi connectivity index (χ1n) is 7.42. The topological polar surface area (TPSA) is 32.3 Å². The molecule has 1 N–H and O–H groups in total. The fourth-order valence-corrected chi connectivity index (χ4v) is 2.97. The van der Waals surface area contributed by atoms with Crippen LogP contribution >= 0.6 is 11.8 Å². The molecular weight excluding hydrogens is 292 g/mol. The normalized spacial score (nSPS) is 11.7. The van der Waals surface area contributed by atoms with Gasteiger partial charge in [-0.05, 0) is 31.2 Å². The minimum Gasteiger partial charge on any atom is -0.373 e. The largest absolute Gasteiger partial charge is 0.373 e. The van der Waals surface area contributed by atoms with Crippen molar-refractivity contribution in [3.05, 3.63) is 60.7 Å². The third kappa shape index (κ3) is 5.11. The molecule has 0 aromatic heterocycles. The van der Waals surface area contributed by atoms with Crippen molar-refractivity contribution in [3.63, 3.8) is 0 Å². The first kappa shape index (κ1) is 16.4. The number of nitrogens with zero attached hydrogens (tertiary/aromatic N) is 1. The van der Waals surface area contributed by atoms with E-state index in [4.69, 9.17) is 0 Å². The van der Waals surface area contributed by atoms with Crippen LogP contribution in [0.1, 0.15) is 6.92 Å². The minimum atomic E-state index is -0.0931. The molecule has 0 saturated carbocycles. The fraction of sp³-hybridized carbons (Fsp3) is 0.278. The maximum atomic E-state index is 12.1. The Kier molecular flexibility index (Phi) is 6.34. The maximum absolute atomic E-state index is 12.1. The minimum absolute atomic E-state index is 0.0790. The molecule has 0 aliphatic carbocycles. The molecule has 22 heavy (non-hydrogen) atoms. The van der Waals surface area contributed by atoms with Crippen molar-refractivity contribution in [2.24, 2.45) is 0 Å². The Bertz CT molecular complexity index is 574. The number of anilines is 1. The molecule has 0 heterocycles. The van der Waals surface area contributed by atoms with Gasteiger partial charge >= 0.3 is 0 Å². The summed E-state index contributed by atoms with van der Waals surface area (Å²) in [5.41, 5.74) is 1.16. The number of benzene rings is 2. The van der Waals surface area contributed by atoms with Crippen LogP contribution < -0.4 is 10.2 Å². The Balaban J connectivity index is 1.73. The van der Waals surface area contributed by atoms with E-state index in [9.17, 15) is 4.79 Å². The van der Waals surface area contributed by atoms with Crippen molar-refractivity contribution in [1.82, 2.24) is 5.32 Å². The fourth-order valence-electron chi connectivity index (χ4n) is 2.06. The summed E-state index contributed by atoms with van der Waals surface area (Å²) in [5.74, 6) is 0.0790. The zero-order valence-corrected chi connectivity index (χ0v) is 13.8. The lowest BCUT2D eigenvalue weighted by Crippen LogP contribution is -2.36. The highest BCUT2D eigenvalue weighted by Gasteiger charge is 2.13. The van der Waals surface area contributed by atoms with Gasteiger partial charge in [0.25, 0.3) is 0 Å². The van der Waals surface area contributed by atoms with Crippen LogP contribution in [0.3, 0.4) is 0 Å². The lowest BCUT2D eigenvalue weighted by Gasteiger charge is -2.20. The van der Waals surface area contributed by atoms with Crippen LogP contribution in [-0.4, -0.2) is 31.3 Å². The summed E-state index contributed by atoms with van der Waals surface area (Å²) in [6.45, 7) is 3.37. The van der Waals surface area contributed by atoms with Crippen LogP contribution in [0.5, 0.6) is 0 Å². The first-order valence-corrected chi connectivity index (χ1v) is 8.30. The number of likely N-dealkylation sites (N-methyl/N-ethyl adjacent to an activating group) is 1. The standard InChI is InChI=1S/C18H22N2OS/c1-15(22-17-11-7-4-8-12-17)18(21)19-13-14-20(2)16-9-5-3-6-10-16/h3-12,15H,13-14H2,1-2H3,(H,19,21)/t15-/m1/s1. The highest BCUT2D eigenvalue weighted by molar-refractivity contribution is 8.00. The molecule has 2 rings (SSSR count). The molecule has 116 valence electrons. The Morgan fingerprint density at radius 1 is 1.09 bits per heavy atom. The zero-order valence-electron chi connectivity index (χ0n) is 13.0. The molecule has 0 aliphatic heterocycles. The Hall–Kier alpha value is -1.94. The number of thioether (sulfide) groups is 1. The van der Waals surface area contributed by atoms with Crippen molar-refractivity contribution in [2.45, 2.75) is 17.1 Å². The predicted molar refractivity (Wildman–Crippen MR) is 94.5 cm³/mol. The van der Waals surface area contributed by atoms with Gasteiger partial charge in [0.15, 0.2) is 0 Å². The second kappa shape index (κ2) is 8.49. The lowest BCUT2D eigenvalue weighted by atomic mass is 10.3. The molecule has 1 atom stereocenters. The van der Waals surface area contributed by atoms with Gasteiger partial charge in [0.05, 0.1) is 5.25 Å². The number of carbonyl (C=O) groups excluding carboxylic acids is 1. The van der Waals surface area contributed by atoms with Gasteiger partial charge in [0.2, 0.25) is 5.91 Å². The summed E-state index contributed by atoms with van der Waals surface area (Å²) in [4.78, 5) is 15.4. The number of para-hydroxylation sites is 1. The molecule has 0 radical (unpaired) electrons. The van der Waals surface area contributed by atoms with Gasteiger partial charge in [-0.25, -0.2) is 0 Å². The second-order valence-electron chi connectivity index (χ2n) is 5.12. The van der Waals surface area contributed by atoms with E-state index < -0.39 is 0 Å². The van der Waals surface area contributed by atoms with Gasteiger partial charge in [0, 0.05) is 30.7 Å². The molecule has 2 aromatic rings. The van der Waals surface area contributed by atoms with E-state index >= 15 is 0 Å². The Morgan fingerprint density at radius 3 is 2.32 bits per heavy atom. The average Bonchev–Trinajstić information content (AvgIpc) is 2.56. The van der Waals surface area contributed by atoms with E-state index in [-0.39, 0.29) is 11.2 Å². The molecule has 3 nitrogen and oxygen atoms in total. The zero-order chi connectivity index (χ0) is 15.8. The van der Waals surface area contributed by atoms with E-state index in [1.807, 2.05) is 62.5 Å². The molecule has 4 heteroatoms. The van der Waals surface area contributed by atoms with Gasteiger partial charge in [-0.2, -0.15) is 0 Å². The van der Waals surface area contributed by atoms with Crippen LogP contribution in [0.25, 0.3) is 0 Å². The number of nitrogens with one attached hydrogen (secondary N) is 1. The van der Waals surface area contributed by atoms with Gasteiger partial charge in [-0.1, -0.05) is 36.4 Å². The van der Waals surface area contributed by atoms with Crippen molar-refractivity contribution in [3.8, 4) is 0 Å². The van der Waals surface area contributed by atoms with Crippen LogP contribution in [0, 0.1) is 0 Å². The molecule has 2 aromatic carbocycles. The predicted octanol–water partition coefficient (Wildman–Crippen LogP) is 3.42. The van der Waals surface area contributed by atoms with Crippen molar-refractivity contribution in [1.29, 1.82) is 0 Å². The Morgan fingerprint density at radius 2 is 1.68 bits per heavy atom. The van der Waals surface area contributed by atoms with Gasteiger partial charge in [-0.3, -0.25) is 4.79 Å². The SMILES string of the molecule is C[C@@H](Sc1ccccc1)C(=O)NCCN(C)c1ccccc1. The summed E-state index contributed by atoms with van der Waals surface area (Å²) in [5, 5.41) is 2.91. The highest BCUT2D eigenvalue weighted by atomic mass is 32.2. The van der Waals surface area contributed by atoms with Crippen molar-refractivity contribution >= 4 is 23.4 Å². The average molecular weight is 314 g/mol. The molecule has 0 unspecified atom stereocenters. The van der Waals surface area contributed by atoms with E-state index in [1.165, 1.54) is 0 Å². The summed E-state index contributed by atoms with van der Waals surface area (Å²) >= 11 is 1.58. The molecule has 1 amide bonds. The van der Waals surface area contributed by atoms with Gasteiger partial charge in [0.1, 0.15) is 0 Å². The molecule has 0 fully saturated rings. The second-order valence-corrected chi connectivity index (χ2v) is 6.54. The third-order valence-corrected chi connectivity index (χ3v) is 4.48. The summed E-state index contributed by atoms with van der Waals surface area (Å²) in [7, 11) is 2.03. The smallest absolute Gasteiger partial charge is 0.233 e. The van der Waals surface area contributed by atoms with E-state index in [0.717, 1.165) is 17.1 Å². The van der Waals surface area contributed by atoms with Crippen LogP contribution in [0.2, 0.25) is 0 Å². The van der Waals surface area contributed by atoms with E-state index in [0.29, 0.717) is 6.54 Å². The third-order valence-electron chi connectivity index (χ3n) is 3.37. The van der Waals surface area contributed by atoms with Gasteiger partial charge < -0.3 is 10.2 Å². The lowest BCUT2D eigenvalue weighted by molar-refractivity contribution is -0.120. The molecule has 0 spiro atoms. The molecule has 0 saturated heterocycles. The van der Waals surface area contributed by atoms with Crippen molar-refractivity contribution < 1.29 is 4.79 Å². The van der Waals surface area contributed by atoms with E-state index in [1.54, 1.807) is 11.8 Å². The number of amides is 1.